The Hall–Kier alpha value is -3.66. The van der Waals surface area contributed by atoms with Crippen LogP contribution in [0.3, 0.4) is 0 Å². The summed E-state index contributed by atoms with van der Waals surface area (Å²) in [5.74, 6) is 1.66. The standard InChI is InChI=1S/C40H40Cl2N4O4/c1-49-33-15-24(13-22-9-11-31(35(22)33)45-17-25(47)18-45)26-5-3-6-27(37(26)41)28-7-4-8-29(38(28)42)30-14-23-10-12-32(36(23)39(44-30)50-2)46-20-40(21-46)16-34(48)43-19-40/h3-8,13-15,25,31-32,47H,9-12,16-21H2,1-2H3,(H,43,48). The first-order valence-electron chi connectivity index (χ1n) is 17.6. The SMILES string of the molecule is COc1cc(-c2cccc(-c3cccc(-c4cc5c(c(OC)n4)C(N4CC6(CNC(=O)C6)C4)CC5)c3Cl)c2Cl)cc2c1C(N1CC(O)C1)CC2. The summed E-state index contributed by atoms with van der Waals surface area (Å²) in [5.41, 5.74) is 10.2. The van der Waals surface area contributed by atoms with Crippen LogP contribution in [0.2, 0.25) is 10.0 Å². The van der Waals surface area contributed by atoms with Gasteiger partial charge in [0.1, 0.15) is 5.75 Å². The number of halogens is 2. The molecule has 0 bridgehead atoms. The van der Waals surface area contributed by atoms with Crippen molar-refractivity contribution in [2.24, 2.45) is 5.41 Å². The van der Waals surface area contributed by atoms with E-state index in [-0.39, 0.29) is 29.5 Å². The number of aromatic nitrogens is 1. The number of carbonyl (C=O) groups is 1. The lowest BCUT2D eigenvalue weighted by Gasteiger charge is -2.50. The number of methoxy groups -OCH3 is 2. The average Bonchev–Trinajstić information content (AvgIpc) is 3.82. The fraction of sp³-hybridized carbons (Fsp3) is 0.400. The number of benzene rings is 3. The number of aryl methyl sites for hydroxylation is 2. The molecule has 3 aliphatic heterocycles. The molecule has 4 heterocycles. The molecule has 50 heavy (non-hydrogen) atoms. The quantitative estimate of drug-likeness (QED) is 0.216. The van der Waals surface area contributed by atoms with Crippen molar-refractivity contribution >= 4 is 29.1 Å². The smallest absolute Gasteiger partial charge is 0.220 e. The second kappa shape index (κ2) is 12.2. The van der Waals surface area contributed by atoms with Gasteiger partial charge in [0.05, 0.1) is 36.1 Å². The number of ether oxygens (including phenoxy) is 2. The summed E-state index contributed by atoms with van der Waals surface area (Å²) in [4.78, 5) is 21.8. The van der Waals surface area contributed by atoms with E-state index in [1.807, 2.05) is 36.4 Å². The lowest BCUT2D eigenvalue weighted by molar-refractivity contribution is -0.121. The first kappa shape index (κ1) is 32.3. The number of nitrogens with one attached hydrogen (secondary N) is 1. The molecule has 258 valence electrons. The molecule has 8 nitrogen and oxygen atoms in total. The second-order valence-electron chi connectivity index (χ2n) is 14.8. The summed E-state index contributed by atoms with van der Waals surface area (Å²) >= 11 is 14.5. The number of fused-ring (bicyclic) bond motifs is 2. The van der Waals surface area contributed by atoms with Gasteiger partial charge in [-0.3, -0.25) is 14.6 Å². The highest BCUT2D eigenvalue weighted by Gasteiger charge is 2.51. The van der Waals surface area contributed by atoms with Gasteiger partial charge in [0, 0.05) is 90.0 Å². The summed E-state index contributed by atoms with van der Waals surface area (Å²) in [5, 5.41) is 14.1. The summed E-state index contributed by atoms with van der Waals surface area (Å²) in [6.07, 6.45) is 4.28. The van der Waals surface area contributed by atoms with Gasteiger partial charge >= 0.3 is 0 Å². The van der Waals surface area contributed by atoms with Gasteiger partial charge in [0.2, 0.25) is 11.8 Å². The predicted octanol–water partition coefficient (Wildman–Crippen LogP) is 6.88. The zero-order chi connectivity index (χ0) is 34.3. The van der Waals surface area contributed by atoms with E-state index in [0.717, 1.165) is 90.1 Å². The van der Waals surface area contributed by atoms with Crippen molar-refractivity contribution in [1.29, 1.82) is 0 Å². The Morgan fingerprint density at radius 2 is 1.48 bits per heavy atom. The Balaban J connectivity index is 1.03. The number of hydrogen-bond donors (Lipinski definition) is 2. The van der Waals surface area contributed by atoms with Gasteiger partial charge in [-0.25, -0.2) is 4.98 Å². The van der Waals surface area contributed by atoms with Crippen LogP contribution < -0.4 is 14.8 Å². The zero-order valence-corrected chi connectivity index (χ0v) is 29.8. The lowest BCUT2D eigenvalue weighted by atomic mass is 9.77. The highest BCUT2D eigenvalue weighted by Crippen LogP contribution is 2.51. The first-order chi connectivity index (χ1) is 24.3. The molecular formula is C40H40Cl2N4O4. The van der Waals surface area contributed by atoms with E-state index in [4.69, 9.17) is 37.7 Å². The molecule has 3 fully saturated rings. The third kappa shape index (κ3) is 5.14. The minimum Gasteiger partial charge on any atom is -0.496 e. The van der Waals surface area contributed by atoms with Gasteiger partial charge in [-0.05, 0) is 54.5 Å². The highest BCUT2D eigenvalue weighted by molar-refractivity contribution is 6.39. The van der Waals surface area contributed by atoms with Crippen LogP contribution in [0.1, 0.15) is 53.6 Å². The minimum atomic E-state index is -0.239. The van der Waals surface area contributed by atoms with Crippen LogP contribution >= 0.6 is 23.2 Å². The van der Waals surface area contributed by atoms with Gasteiger partial charge in [-0.2, -0.15) is 0 Å². The topological polar surface area (TPSA) is 87.2 Å². The van der Waals surface area contributed by atoms with Crippen LogP contribution in [0.5, 0.6) is 11.6 Å². The Bertz CT molecular complexity index is 2040. The van der Waals surface area contributed by atoms with E-state index in [1.54, 1.807) is 14.2 Å². The van der Waals surface area contributed by atoms with Gasteiger partial charge in [-0.15, -0.1) is 0 Å². The van der Waals surface area contributed by atoms with Crippen LogP contribution in [0.15, 0.2) is 54.6 Å². The highest BCUT2D eigenvalue weighted by atomic mass is 35.5. The van der Waals surface area contributed by atoms with E-state index < -0.39 is 0 Å². The molecule has 0 radical (unpaired) electrons. The van der Waals surface area contributed by atoms with E-state index in [2.05, 4.69) is 33.3 Å². The summed E-state index contributed by atoms with van der Waals surface area (Å²) in [6, 6.07) is 19.1. The number of pyridine rings is 1. The van der Waals surface area contributed by atoms with Gasteiger partial charge < -0.3 is 19.9 Å². The molecule has 0 saturated carbocycles. The number of carbonyl (C=O) groups excluding carboxylic acids is 1. The summed E-state index contributed by atoms with van der Waals surface area (Å²) in [6.45, 7) is 4.01. The molecule has 1 aromatic heterocycles. The molecular weight excluding hydrogens is 671 g/mol. The number of rotatable bonds is 7. The molecule has 1 amide bonds. The Kier molecular flexibility index (Phi) is 7.90. The van der Waals surface area contributed by atoms with E-state index in [0.29, 0.717) is 35.4 Å². The van der Waals surface area contributed by atoms with Gasteiger partial charge in [0.25, 0.3) is 0 Å². The van der Waals surface area contributed by atoms with Crippen molar-refractivity contribution in [2.45, 2.75) is 50.3 Å². The Morgan fingerprint density at radius 3 is 2.12 bits per heavy atom. The molecule has 3 aromatic carbocycles. The zero-order valence-electron chi connectivity index (χ0n) is 28.3. The summed E-state index contributed by atoms with van der Waals surface area (Å²) < 4.78 is 11.9. The van der Waals surface area contributed by atoms with E-state index in [9.17, 15) is 9.90 Å². The van der Waals surface area contributed by atoms with Crippen LogP contribution in [0, 0.1) is 5.41 Å². The molecule has 1 spiro atoms. The molecule has 3 saturated heterocycles. The van der Waals surface area contributed by atoms with Crippen molar-refractivity contribution in [3.05, 3.63) is 86.9 Å². The number of aliphatic hydroxyl groups excluding tert-OH is 1. The van der Waals surface area contributed by atoms with Gasteiger partial charge in [-0.1, -0.05) is 65.7 Å². The number of amides is 1. The number of β-amino-alcohol motifs (C(OH)–C–C–N with tert-alkyl or cyclic N) is 1. The van der Waals surface area contributed by atoms with Crippen LogP contribution in [0.25, 0.3) is 33.5 Å². The molecule has 2 aliphatic carbocycles. The minimum absolute atomic E-state index is 0.0712. The molecule has 9 rings (SSSR count). The monoisotopic (exact) mass is 710 g/mol. The van der Waals surface area contributed by atoms with E-state index >= 15 is 0 Å². The van der Waals surface area contributed by atoms with Crippen LogP contribution in [0.4, 0.5) is 0 Å². The third-order valence-corrected chi connectivity index (χ3v) is 12.5. The lowest BCUT2D eigenvalue weighted by Crippen LogP contribution is -2.58. The summed E-state index contributed by atoms with van der Waals surface area (Å²) in [7, 11) is 3.41. The van der Waals surface area contributed by atoms with Gasteiger partial charge in [0.15, 0.2) is 0 Å². The first-order valence-corrected chi connectivity index (χ1v) is 18.3. The maximum Gasteiger partial charge on any atom is 0.220 e. The second-order valence-corrected chi connectivity index (χ2v) is 15.5. The molecule has 10 heteroatoms. The van der Waals surface area contributed by atoms with Crippen molar-refractivity contribution < 1.29 is 19.4 Å². The predicted molar refractivity (Wildman–Crippen MR) is 195 cm³/mol. The Labute approximate surface area is 302 Å². The molecule has 5 aliphatic rings. The maximum absolute atomic E-state index is 11.9. The van der Waals surface area contributed by atoms with Crippen molar-refractivity contribution in [3.63, 3.8) is 0 Å². The normalized spacial score (nSPS) is 22.6. The molecule has 2 N–H and O–H groups in total. The largest absolute Gasteiger partial charge is 0.496 e. The fourth-order valence-corrected chi connectivity index (χ4v) is 9.95. The molecule has 4 aromatic rings. The third-order valence-electron chi connectivity index (χ3n) is 11.7. The van der Waals surface area contributed by atoms with Crippen LogP contribution in [-0.2, 0) is 17.6 Å². The fourth-order valence-electron chi connectivity index (χ4n) is 9.29. The number of aliphatic hydroxyl groups is 1. The number of nitrogens with zero attached hydrogens (tertiary/aromatic N) is 3. The Morgan fingerprint density at radius 1 is 0.840 bits per heavy atom. The van der Waals surface area contributed by atoms with Crippen molar-refractivity contribution in [1.82, 2.24) is 20.1 Å². The van der Waals surface area contributed by atoms with E-state index in [1.165, 1.54) is 16.7 Å². The molecule has 2 unspecified atom stereocenters. The molecule has 2 atom stereocenters. The van der Waals surface area contributed by atoms with Crippen LogP contribution in [-0.4, -0.2) is 78.8 Å². The average molecular weight is 712 g/mol. The van der Waals surface area contributed by atoms with Crippen molar-refractivity contribution in [3.8, 4) is 45.1 Å². The number of likely N-dealkylation sites (tertiary alicyclic amines) is 2. The van der Waals surface area contributed by atoms with Crippen molar-refractivity contribution in [2.75, 3.05) is 46.9 Å². The number of hydrogen-bond acceptors (Lipinski definition) is 7. The maximum atomic E-state index is 11.9.